The summed E-state index contributed by atoms with van der Waals surface area (Å²) in [5.74, 6) is -0.656. The van der Waals surface area contributed by atoms with Crippen molar-refractivity contribution in [1.29, 1.82) is 0 Å². The Morgan fingerprint density at radius 3 is 1.94 bits per heavy atom. The zero-order valence-corrected chi connectivity index (χ0v) is 21.7. The summed E-state index contributed by atoms with van der Waals surface area (Å²) in [7, 11) is 2.11. The maximum atomic E-state index is 9.22. The monoisotopic (exact) mass is 441 g/mol. The molecule has 2 nitrogen and oxygen atoms in total. The Balaban J connectivity index is 2.30. The molecular weight excluding hydrogens is 400 g/mol. The Morgan fingerprint density at radius 2 is 1.39 bits per heavy atom. The number of para-hydroxylation sites is 2. The number of imidazole rings is 1. The van der Waals surface area contributed by atoms with Gasteiger partial charge in [-0.3, -0.25) is 0 Å². The van der Waals surface area contributed by atoms with E-state index in [1.165, 1.54) is 5.56 Å². The molecule has 0 amide bonds. The van der Waals surface area contributed by atoms with Crippen LogP contribution in [0, 0.1) is 6.92 Å². The third-order valence-corrected chi connectivity index (χ3v) is 6.68. The molecule has 2 heteroatoms. The number of benzene rings is 3. The van der Waals surface area contributed by atoms with E-state index in [-0.39, 0.29) is 5.41 Å². The number of hydrogen-bond donors (Lipinski definition) is 0. The van der Waals surface area contributed by atoms with Crippen molar-refractivity contribution < 1.29 is 7.31 Å². The van der Waals surface area contributed by atoms with Crippen molar-refractivity contribution in [3.8, 4) is 17.1 Å². The fourth-order valence-electron chi connectivity index (χ4n) is 4.74. The fourth-order valence-corrected chi connectivity index (χ4v) is 4.74. The average Bonchev–Trinajstić information content (AvgIpc) is 3.03. The first-order valence-corrected chi connectivity index (χ1v) is 11.9. The molecule has 0 aliphatic carbocycles. The topological polar surface area (TPSA) is 8.81 Å². The van der Waals surface area contributed by atoms with Crippen LogP contribution in [-0.4, -0.2) is 4.57 Å². The zero-order valence-electron chi connectivity index (χ0n) is 23.7. The van der Waals surface area contributed by atoms with Crippen LogP contribution in [0.4, 0.5) is 0 Å². The molecular formula is C31H39N2+. The average molecular weight is 442 g/mol. The highest BCUT2D eigenvalue weighted by Gasteiger charge is 2.32. The molecule has 1 heterocycles. The summed E-state index contributed by atoms with van der Waals surface area (Å²) in [4.78, 5) is 0. The van der Waals surface area contributed by atoms with Crippen molar-refractivity contribution in [3.05, 3.63) is 82.9 Å². The number of hydrogen-bond acceptors (Lipinski definition) is 0. The molecule has 0 bridgehead atoms. The van der Waals surface area contributed by atoms with Crippen molar-refractivity contribution in [2.75, 3.05) is 0 Å². The summed E-state index contributed by atoms with van der Waals surface area (Å²) in [6, 6.07) is 21.3. The summed E-state index contributed by atoms with van der Waals surface area (Å²) in [5, 5.41) is 0. The molecule has 0 radical (unpaired) electrons. The van der Waals surface area contributed by atoms with Gasteiger partial charge in [0.25, 0.3) is 5.82 Å². The van der Waals surface area contributed by atoms with E-state index in [1.807, 2.05) is 27.7 Å². The number of rotatable bonds is 4. The third kappa shape index (κ3) is 4.01. The molecule has 0 atom stereocenters. The van der Waals surface area contributed by atoms with Crippen molar-refractivity contribution >= 4 is 11.0 Å². The minimum Gasteiger partial charge on any atom is -0.225 e. The van der Waals surface area contributed by atoms with E-state index in [0.717, 1.165) is 44.8 Å². The molecule has 0 saturated carbocycles. The van der Waals surface area contributed by atoms with Gasteiger partial charge in [0.2, 0.25) is 0 Å². The summed E-state index contributed by atoms with van der Waals surface area (Å²) >= 11 is 0. The van der Waals surface area contributed by atoms with Crippen LogP contribution in [0.15, 0.2) is 60.7 Å². The van der Waals surface area contributed by atoms with Gasteiger partial charge in [-0.15, -0.1) is 0 Å². The van der Waals surface area contributed by atoms with Crippen LogP contribution in [0.1, 0.15) is 85.2 Å². The normalized spacial score (nSPS) is 13.8. The van der Waals surface area contributed by atoms with Crippen LogP contribution in [0.5, 0.6) is 0 Å². The van der Waals surface area contributed by atoms with Gasteiger partial charge in [0.1, 0.15) is 5.69 Å². The van der Waals surface area contributed by atoms with Crippen molar-refractivity contribution in [3.63, 3.8) is 0 Å². The predicted molar refractivity (Wildman–Crippen MR) is 142 cm³/mol. The Morgan fingerprint density at radius 1 is 0.848 bits per heavy atom. The lowest BCUT2D eigenvalue weighted by Crippen LogP contribution is -2.30. The number of aryl methyl sites for hydroxylation is 2. The molecule has 0 N–H and O–H groups in total. The molecule has 0 aliphatic rings. The predicted octanol–water partition coefficient (Wildman–Crippen LogP) is 7.97. The first kappa shape index (κ1) is 20.7. The molecule has 33 heavy (non-hydrogen) atoms. The van der Waals surface area contributed by atoms with E-state index in [2.05, 4.69) is 105 Å². The molecule has 0 aliphatic heterocycles. The second-order valence-corrected chi connectivity index (χ2v) is 10.7. The van der Waals surface area contributed by atoms with Gasteiger partial charge in [0.15, 0.2) is 11.0 Å². The lowest BCUT2D eigenvalue weighted by Gasteiger charge is -2.26. The van der Waals surface area contributed by atoms with Crippen molar-refractivity contribution in [1.82, 2.24) is 4.57 Å². The Hall–Kier alpha value is -2.87. The minimum atomic E-state index is -0.858. The number of fused-ring (bicyclic) bond motifs is 1. The van der Waals surface area contributed by atoms with E-state index in [9.17, 15) is 2.74 Å². The van der Waals surface area contributed by atoms with E-state index in [1.54, 1.807) is 0 Å². The standard InChI is InChI=1S/C31H39N2/c1-20(2)25-18-23(31(6,7)8)19-26(21(3)4)29(25)33-28-17-13-12-16-27(28)32(9)30(33)24-15-11-10-14-22(24)5/h10-21H,1-9H3/q+1/i20D,21D. The highest BCUT2D eigenvalue weighted by molar-refractivity contribution is 5.81. The van der Waals surface area contributed by atoms with Gasteiger partial charge in [-0.25, -0.2) is 4.57 Å². The van der Waals surface area contributed by atoms with Crippen LogP contribution in [0.3, 0.4) is 0 Å². The molecule has 172 valence electrons. The van der Waals surface area contributed by atoms with Crippen molar-refractivity contribution in [2.24, 2.45) is 7.05 Å². The number of aromatic nitrogens is 2. The summed E-state index contributed by atoms with van der Waals surface area (Å²) in [6.07, 6.45) is 0. The lowest BCUT2D eigenvalue weighted by atomic mass is 9.81. The first-order chi connectivity index (χ1) is 16.1. The Kier molecular flexibility index (Phi) is 5.32. The van der Waals surface area contributed by atoms with E-state index >= 15 is 0 Å². The van der Waals surface area contributed by atoms with Gasteiger partial charge in [0, 0.05) is 13.9 Å². The Labute approximate surface area is 202 Å². The van der Waals surface area contributed by atoms with Crippen LogP contribution >= 0.6 is 0 Å². The molecule has 1 aromatic heterocycles. The van der Waals surface area contributed by atoms with Crippen LogP contribution in [0.25, 0.3) is 28.1 Å². The smallest absolute Gasteiger partial charge is 0.225 e. The SMILES string of the molecule is [2H]C(C)(C)c1cc(C(C)(C)C)cc(C([2H])(C)C)c1-n1c(-c2ccccc2C)[n+](C)c2ccccc21. The lowest BCUT2D eigenvalue weighted by molar-refractivity contribution is -0.633. The quantitative estimate of drug-likeness (QED) is 0.284. The molecule has 3 aromatic carbocycles. The number of nitrogens with zero attached hydrogens (tertiary/aromatic N) is 2. The van der Waals surface area contributed by atoms with Gasteiger partial charge >= 0.3 is 0 Å². The summed E-state index contributed by atoms with van der Waals surface area (Å²) in [5.41, 5.74) is 8.43. The third-order valence-electron chi connectivity index (χ3n) is 6.68. The van der Waals surface area contributed by atoms with Crippen LogP contribution in [0.2, 0.25) is 0 Å². The first-order valence-electron chi connectivity index (χ1n) is 12.9. The fraction of sp³-hybridized carbons (Fsp3) is 0.387. The largest absolute Gasteiger partial charge is 0.295 e. The van der Waals surface area contributed by atoms with Gasteiger partial charge < -0.3 is 0 Å². The van der Waals surface area contributed by atoms with E-state index in [4.69, 9.17) is 0 Å². The molecule has 0 saturated heterocycles. The van der Waals surface area contributed by atoms with E-state index < -0.39 is 11.8 Å². The zero-order chi connectivity index (χ0) is 25.9. The highest BCUT2D eigenvalue weighted by atomic mass is 15.2. The van der Waals surface area contributed by atoms with Gasteiger partial charge in [-0.1, -0.05) is 90.9 Å². The molecule has 0 spiro atoms. The maximum Gasteiger partial charge on any atom is 0.295 e. The second kappa shape index (κ2) is 8.48. The Bertz CT molecular complexity index is 1370. The van der Waals surface area contributed by atoms with Crippen molar-refractivity contribution in [2.45, 2.75) is 72.6 Å². The molecule has 4 aromatic rings. The molecule has 4 rings (SSSR count). The molecule has 0 unspecified atom stereocenters. The van der Waals surface area contributed by atoms with Crippen LogP contribution in [-0.2, 0) is 12.5 Å². The summed E-state index contributed by atoms with van der Waals surface area (Å²) < 4.78 is 23.0. The highest BCUT2D eigenvalue weighted by Crippen LogP contribution is 2.39. The van der Waals surface area contributed by atoms with Gasteiger partial charge in [-0.05, 0) is 53.5 Å². The summed E-state index contributed by atoms with van der Waals surface area (Å²) in [6.45, 7) is 16.6. The maximum absolute atomic E-state index is 9.22. The second-order valence-electron chi connectivity index (χ2n) is 10.7. The van der Waals surface area contributed by atoms with Crippen LogP contribution < -0.4 is 4.57 Å². The minimum absolute atomic E-state index is 0.0964. The van der Waals surface area contributed by atoms with Gasteiger partial charge in [0.05, 0.1) is 12.6 Å². The van der Waals surface area contributed by atoms with E-state index in [0.29, 0.717) is 0 Å². The van der Waals surface area contributed by atoms with Gasteiger partial charge in [-0.2, -0.15) is 4.57 Å². The molecule has 0 fully saturated rings.